The molecule has 1 aliphatic rings. The van der Waals surface area contributed by atoms with Crippen molar-refractivity contribution in [1.29, 1.82) is 0 Å². The first-order valence-electron chi connectivity index (χ1n) is 7.23. The highest BCUT2D eigenvalue weighted by Gasteiger charge is 2.15. The number of ether oxygens (including phenoxy) is 1. The van der Waals surface area contributed by atoms with Crippen LogP contribution in [0.15, 0.2) is 30.6 Å². The van der Waals surface area contributed by atoms with Crippen LogP contribution in [0, 0.1) is 6.92 Å². The van der Waals surface area contributed by atoms with Gasteiger partial charge in [-0.3, -0.25) is 4.98 Å². The molecule has 1 aliphatic heterocycles. The fourth-order valence-electron chi connectivity index (χ4n) is 2.67. The van der Waals surface area contributed by atoms with Crippen molar-refractivity contribution in [2.75, 3.05) is 31.2 Å². The van der Waals surface area contributed by atoms with Gasteiger partial charge in [-0.25, -0.2) is 4.98 Å². The van der Waals surface area contributed by atoms with Crippen molar-refractivity contribution >= 4 is 5.82 Å². The van der Waals surface area contributed by atoms with Crippen LogP contribution in [0.5, 0.6) is 0 Å². The fraction of sp³-hybridized carbons (Fsp3) is 0.375. The first-order valence-corrected chi connectivity index (χ1v) is 7.23. The molecule has 5 heteroatoms. The standard InChI is InChI=1S/C16H20N4O/c1-12-9-14(15-13(10-17)3-2-4-18-15)11-19-16(12)20-5-7-21-8-6-20/h2-4,9,11H,5-8,10,17H2,1H3. The van der Waals surface area contributed by atoms with Crippen molar-refractivity contribution in [2.24, 2.45) is 5.73 Å². The van der Waals surface area contributed by atoms with E-state index in [1.165, 1.54) is 0 Å². The summed E-state index contributed by atoms with van der Waals surface area (Å²) in [4.78, 5) is 11.4. The average Bonchev–Trinajstić information content (AvgIpc) is 2.55. The number of hydrogen-bond donors (Lipinski definition) is 1. The van der Waals surface area contributed by atoms with E-state index in [0.717, 1.165) is 54.5 Å². The number of morpholine rings is 1. The number of pyridine rings is 2. The number of anilines is 1. The third-order valence-corrected chi connectivity index (χ3v) is 3.75. The van der Waals surface area contributed by atoms with Crippen LogP contribution >= 0.6 is 0 Å². The van der Waals surface area contributed by atoms with Gasteiger partial charge in [0.05, 0.1) is 18.9 Å². The van der Waals surface area contributed by atoms with Gasteiger partial charge < -0.3 is 15.4 Å². The molecule has 1 saturated heterocycles. The summed E-state index contributed by atoms with van der Waals surface area (Å²) in [6.45, 7) is 5.89. The molecule has 2 aromatic rings. The number of nitrogens with zero attached hydrogens (tertiary/aromatic N) is 3. The maximum atomic E-state index is 5.79. The first kappa shape index (κ1) is 14.0. The molecule has 1 fully saturated rings. The lowest BCUT2D eigenvalue weighted by molar-refractivity contribution is 0.122. The number of nitrogens with two attached hydrogens (primary N) is 1. The maximum Gasteiger partial charge on any atom is 0.131 e. The van der Waals surface area contributed by atoms with Gasteiger partial charge in [0.1, 0.15) is 5.82 Å². The molecule has 3 rings (SSSR count). The van der Waals surface area contributed by atoms with Gasteiger partial charge in [-0.1, -0.05) is 6.07 Å². The summed E-state index contributed by atoms with van der Waals surface area (Å²) in [6, 6.07) is 6.06. The van der Waals surface area contributed by atoms with E-state index in [1.54, 1.807) is 6.20 Å². The van der Waals surface area contributed by atoms with Crippen LogP contribution < -0.4 is 10.6 Å². The molecule has 2 N–H and O–H groups in total. The Bertz CT molecular complexity index is 623. The Balaban J connectivity index is 1.93. The zero-order valence-corrected chi connectivity index (χ0v) is 12.2. The Hall–Kier alpha value is -1.98. The van der Waals surface area contributed by atoms with Gasteiger partial charge in [-0.2, -0.15) is 0 Å². The predicted octanol–water partition coefficient (Wildman–Crippen LogP) is 1.75. The maximum absolute atomic E-state index is 5.79. The highest BCUT2D eigenvalue weighted by atomic mass is 16.5. The van der Waals surface area contributed by atoms with E-state index < -0.39 is 0 Å². The Morgan fingerprint density at radius 3 is 2.81 bits per heavy atom. The first-order chi connectivity index (χ1) is 10.3. The van der Waals surface area contributed by atoms with Crippen LogP contribution in [-0.2, 0) is 11.3 Å². The van der Waals surface area contributed by atoms with Crippen LogP contribution in [0.1, 0.15) is 11.1 Å². The molecular weight excluding hydrogens is 264 g/mol. The molecule has 21 heavy (non-hydrogen) atoms. The highest BCUT2D eigenvalue weighted by molar-refractivity contribution is 5.65. The zero-order chi connectivity index (χ0) is 14.7. The van der Waals surface area contributed by atoms with E-state index in [4.69, 9.17) is 10.5 Å². The van der Waals surface area contributed by atoms with Crippen molar-refractivity contribution in [3.63, 3.8) is 0 Å². The summed E-state index contributed by atoms with van der Waals surface area (Å²) in [7, 11) is 0. The minimum Gasteiger partial charge on any atom is -0.378 e. The van der Waals surface area contributed by atoms with Crippen LogP contribution in [0.25, 0.3) is 11.3 Å². The monoisotopic (exact) mass is 284 g/mol. The predicted molar refractivity (Wildman–Crippen MR) is 83.1 cm³/mol. The summed E-state index contributed by atoms with van der Waals surface area (Å²) in [5.41, 5.74) is 9.93. The molecule has 5 nitrogen and oxygen atoms in total. The molecule has 0 aliphatic carbocycles. The van der Waals surface area contributed by atoms with Gasteiger partial charge in [0.25, 0.3) is 0 Å². The van der Waals surface area contributed by atoms with Crippen molar-refractivity contribution in [2.45, 2.75) is 13.5 Å². The summed E-state index contributed by atoms with van der Waals surface area (Å²) >= 11 is 0. The molecule has 0 aromatic carbocycles. The Kier molecular flexibility index (Phi) is 4.13. The Labute approximate surface area is 124 Å². The summed E-state index contributed by atoms with van der Waals surface area (Å²) in [6.07, 6.45) is 3.68. The van der Waals surface area contributed by atoms with Gasteiger partial charge >= 0.3 is 0 Å². The van der Waals surface area contributed by atoms with Crippen LogP contribution in [-0.4, -0.2) is 36.3 Å². The molecule has 0 amide bonds. The average molecular weight is 284 g/mol. The van der Waals surface area contributed by atoms with Crippen molar-refractivity contribution in [3.05, 3.63) is 41.7 Å². The van der Waals surface area contributed by atoms with Crippen molar-refractivity contribution in [3.8, 4) is 11.3 Å². The molecule has 110 valence electrons. The molecule has 0 bridgehead atoms. The van der Waals surface area contributed by atoms with Gasteiger partial charge in [0.2, 0.25) is 0 Å². The molecular formula is C16H20N4O. The SMILES string of the molecule is Cc1cc(-c2ncccc2CN)cnc1N1CCOCC1. The lowest BCUT2D eigenvalue weighted by Crippen LogP contribution is -2.37. The Morgan fingerprint density at radius 2 is 2.10 bits per heavy atom. The third kappa shape index (κ3) is 2.89. The third-order valence-electron chi connectivity index (χ3n) is 3.75. The van der Waals surface area contributed by atoms with Crippen molar-refractivity contribution < 1.29 is 4.74 Å². The van der Waals surface area contributed by atoms with E-state index in [1.807, 2.05) is 18.3 Å². The molecule has 0 saturated carbocycles. The van der Waals surface area contributed by atoms with E-state index in [9.17, 15) is 0 Å². The van der Waals surface area contributed by atoms with E-state index in [-0.39, 0.29) is 0 Å². The normalized spacial score (nSPS) is 15.2. The van der Waals surface area contributed by atoms with Crippen LogP contribution in [0.4, 0.5) is 5.82 Å². The molecule has 0 spiro atoms. The minimum absolute atomic E-state index is 0.480. The van der Waals surface area contributed by atoms with Gasteiger partial charge in [-0.05, 0) is 30.2 Å². The largest absolute Gasteiger partial charge is 0.378 e. The summed E-state index contributed by atoms with van der Waals surface area (Å²) < 4.78 is 5.39. The lowest BCUT2D eigenvalue weighted by atomic mass is 10.1. The number of aromatic nitrogens is 2. The number of hydrogen-bond acceptors (Lipinski definition) is 5. The van der Waals surface area contributed by atoms with Gasteiger partial charge in [0.15, 0.2) is 0 Å². The fourth-order valence-corrected chi connectivity index (χ4v) is 2.67. The number of rotatable bonds is 3. The second-order valence-electron chi connectivity index (χ2n) is 5.18. The molecule has 2 aromatic heterocycles. The second kappa shape index (κ2) is 6.20. The molecule has 0 unspecified atom stereocenters. The highest BCUT2D eigenvalue weighted by Crippen LogP contribution is 2.26. The second-order valence-corrected chi connectivity index (χ2v) is 5.18. The van der Waals surface area contributed by atoms with Crippen LogP contribution in [0.3, 0.4) is 0 Å². The quantitative estimate of drug-likeness (QED) is 0.930. The van der Waals surface area contributed by atoms with E-state index in [0.29, 0.717) is 6.54 Å². The lowest BCUT2D eigenvalue weighted by Gasteiger charge is -2.29. The van der Waals surface area contributed by atoms with Crippen LogP contribution in [0.2, 0.25) is 0 Å². The van der Waals surface area contributed by atoms with E-state index >= 15 is 0 Å². The Morgan fingerprint density at radius 1 is 1.29 bits per heavy atom. The smallest absolute Gasteiger partial charge is 0.131 e. The molecule has 0 radical (unpaired) electrons. The zero-order valence-electron chi connectivity index (χ0n) is 12.2. The van der Waals surface area contributed by atoms with Crippen molar-refractivity contribution in [1.82, 2.24) is 9.97 Å². The topological polar surface area (TPSA) is 64.3 Å². The summed E-state index contributed by atoms with van der Waals surface area (Å²) in [5.74, 6) is 1.03. The number of aryl methyl sites for hydroxylation is 1. The van der Waals surface area contributed by atoms with Gasteiger partial charge in [0, 0.05) is 37.6 Å². The summed E-state index contributed by atoms with van der Waals surface area (Å²) in [5, 5.41) is 0. The molecule has 3 heterocycles. The molecule has 0 atom stereocenters. The van der Waals surface area contributed by atoms with Gasteiger partial charge in [-0.15, -0.1) is 0 Å². The van der Waals surface area contributed by atoms with E-state index in [2.05, 4.69) is 27.9 Å². The minimum atomic E-state index is 0.480.